The molecule has 3 N–H and O–H groups in total. The highest BCUT2D eigenvalue weighted by Gasteiger charge is 2.26. The average Bonchev–Trinajstić information content (AvgIpc) is 3.17. The van der Waals surface area contributed by atoms with E-state index in [1.165, 1.54) is 0 Å². The van der Waals surface area contributed by atoms with Crippen LogP contribution in [0, 0.1) is 0 Å². The lowest BCUT2D eigenvalue weighted by atomic mass is 9.91. The van der Waals surface area contributed by atoms with Crippen LogP contribution in [0.1, 0.15) is 33.8 Å². The molecule has 168 valence electrons. The van der Waals surface area contributed by atoms with Crippen molar-refractivity contribution < 1.29 is 15.3 Å². The summed E-state index contributed by atoms with van der Waals surface area (Å²) < 4.78 is 1.85. The molecule has 0 radical (unpaired) electrons. The standard InChI is InChI=1S/C28H23N3O3/c32-20-9-6-18(7-10-20)15-24-28(34)31-25-13-8-19-16-21(33)11-12-22(19)26(25)29-23(27(31)30-24)14-17-4-2-1-3-5-17/h1-7,9-12,16,32-34H,8,13-15H2. The van der Waals surface area contributed by atoms with Crippen LogP contribution in [-0.4, -0.2) is 29.7 Å². The van der Waals surface area contributed by atoms with Crippen LogP contribution in [0.25, 0.3) is 16.9 Å². The fourth-order valence-electron chi connectivity index (χ4n) is 4.81. The molecule has 5 aromatic rings. The van der Waals surface area contributed by atoms with Crippen LogP contribution in [0.2, 0.25) is 0 Å². The van der Waals surface area contributed by atoms with E-state index in [1.54, 1.807) is 24.3 Å². The van der Waals surface area contributed by atoms with Crippen molar-refractivity contribution in [2.75, 3.05) is 0 Å². The maximum atomic E-state index is 11.3. The molecule has 6 nitrogen and oxygen atoms in total. The number of rotatable bonds is 4. The van der Waals surface area contributed by atoms with Crippen molar-refractivity contribution in [2.24, 2.45) is 0 Å². The number of benzene rings is 3. The zero-order chi connectivity index (χ0) is 23.2. The zero-order valence-corrected chi connectivity index (χ0v) is 18.4. The molecule has 6 rings (SSSR count). The lowest BCUT2D eigenvalue weighted by molar-refractivity contribution is 0.439. The third-order valence-corrected chi connectivity index (χ3v) is 6.47. The van der Waals surface area contributed by atoms with Crippen LogP contribution in [0.5, 0.6) is 17.4 Å². The molecule has 1 aliphatic carbocycles. The lowest BCUT2D eigenvalue weighted by Gasteiger charge is -2.22. The summed E-state index contributed by atoms with van der Waals surface area (Å²) in [6, 6.07) is 22.4. The summed E-state index contributed by atoms with van der Waals surface area (Å²) in [5, 5.41) is 30.9. The molecule has 0 fully saturated rings. The summed E-state index contributed by atoms with van der Waals surface area (Å²) in [6.07, 6.45) is 2.46. The van der Waals surface area contributed by atoms with E-state index < -0.39 is 0 Å². The van der Waals surface area contributed by atoms with Crippen molar-refractivity contribution in [3.63, 3.8) is 0 Å². The van der Waals surface area contributed by atoms with Crippen molar-refractivity contribution in [1.82, 2.24) is 14.4 Å². The summed E-state index contributed by atoms with van der Waals surface area (Å²) >= 11 is 0. The van der Waals surface area contributed by atoms with E-state index in [-0.39, 0.29) is 17.4 Å². The number of nitrogens with zero attached hydrogens (tertiary/aromatic N) is 3. The number of hydrogen-bond donors (Lipinski definition) is 3. The van der Waals surface area contributed by atoms with Crippen molar-refractivity contribution in [3.05, 3.63) is 107 Å². The number of aromatic hydroxyl groups is 3. The molecule has 0 amide bonds. The monoisotopic (exact) mass is 449 g/mol. The topological polar surface area (TPSA) is 90.9 Å². The number of aryl methyl sites for hydroxylation is 2. The van der Waals surface area contributed by atoms with Gasteiger partial charge in [-0.2, -0.15) is 0 Å². The first-order valence-electron chi connectivity index (χ1n) is 11.3. The summed E-state index contributed by atoms with van der Waals surface area (Å²) in [7, 11) is 0. The molecule has 0 unspecified atom stereocenters. The predicted octanol–water partition coefficient (Wildman–Crippen LogP) is 4.79. The number of fused-ring (bicyclic) bond motifs is 5. The number of imidazole rings is 1. The Labute approximate surface area is 196 Å². The van der Waals surface area contributed by atoms with Crippen molar-refractivity contribution >= 4 is 5.65 Å². The van der Waals surface area contributed by atoms with Crippen molar-refractivity contribution in [1.29, 1.82) is 0 Å². The Hall–Kier alpha value is -4.32. The maximum Gasteiger partial charge on any atom is 0.219 e. The van der Waals surface area contributed by atoms with Gasteiger partial charge in [0.1, 0.15) is 17.2 Å². The van der Waals surface area contributed by atoms with Crippen molar-refractivity contribution in [2.45, 2.75) is 25.7 Å². The highest BCUT2D eigenvalue weighted by Crippen LogP contribution is 2.38. The third kappa shape index (κ3) is 3.44. The Morgan fingerprint density at radius 1 is 0.706 bits per heavy atom. The Morgan fingerprint density at radius 2 is 1.41 bits per heavy atom. The van der Waals surface area contributed by atoms with Gasteiger partial charge in [-0.1, -0.05) is 42.5 Å². The zero-order valence-electron chi connectivity index (χ0n) is 18.4. The molecule has 2 aromatic heterocycles. The summed E-state index contributed by atoms with van der Waals surface area (Å²) in [5.74, 6) is 0.573. The number of phenols is 2. The van der Waals surface area contributed by atoms with Gasteiger partial charge in [0.2, 0.25) is 5.88 Å². The fourth-order valence-corrected chi connectivity index (χ4v) is 4.81. The van der Waals surface area contributed by atoms with Crippen LogP contribution in [0.3, 0.4) is 0 Å². The first kappa shape index (κ1) is 20.3. The molecule has 6 heteroatoms. The first-order valence-corrected chi connectivity index (χ1v) is 11.3. The van der Waals surface area contributed by atoms with Gasteiger partial charge >= 0.3 is 0 Å². The smallest absolute Gasteiger partial charge is 0.219 e. The second-order valence-corrected chi connectivity index (χ2v) is 8.74. The molecule has 0 saturated carbocycles. The molecule has 0 aliphatic heterocycles. The van der Waals surface area contributed by atoms with Gasteiger partial charge in [-0.25, -0.2) is 9.97 Å². The molecule has 0 bridgehead atoms. The Bertz CT molecular complexity index is 1520. The van der Waals surface area contributed by atoms with Crippen LogP contribution in [0.15, 0.2) is 72.8 Å². The van der Waals surface area contributed by atoms with Gasteiger partial charge in [-0.3, -0.25) is 4.40 Å². The van der Waals surface area contributed by atoms with Crippen LogP contribution < -0.4 is 0 Å². The summed E-state index contributed by atoms with van der Waals surface area (Å²) in [4.78, 5) is 9.92. The molecule has 0 saturated heterocycles. The summed E-state index contributed by atoms with van der Waals surface area (Å²) in [5.41, 5.74) is 7.86. The third-order valence-electron chi connectivity index (χ3n) is 6.47. The Morgan fingerprint density at radius 3 is 2.21 bits per heavy atom. The minimum Gasteiger partial charge on any atom is -0.508 e. The predicted molar refractivity (Wildman–Crippen MR) is 129 cm³/mol. The highest BCUT2D eigenvalue weighted by atomic mass is 16.3. The number of aromatic nitrogens is 3. The number of hydrogen-bond acceptors (Lipinski definition) is 5. The lowest BCUT2D eigenvalue weighted by Crippen LogP contribution is -2.13. The molecule has 34 heavy (non-hydrogen) atoms. The summed E-state index contributed by atoms with van der Waals surface area (Å²) in [6.45, 7) is 0. The van der Waals surface area contributed by atoms with E-state index in [0.717, 1.165) is 45.8 Å². The molecule has 1 aliphatic rings. The quantitative estimate of drug-likeness (QED) is 0.367. The van der Waals surface area contributed by atoms with Gasteiger partial charge in [0.25, 0.3) is 0 Å². The largest absolute Gasteiger partial charge is 0.508 e. The fraction of sp³-hybridized carbons (Fsp3) is 0.143. The molecule has 0 atom stereocenters. The molecular formula is C28H23N3O3. The van der Waals surface area contributed by atoms with Gasteiger partial charge < -0.3 is 15.3 Å². The van der Waals surface area contributed by atoms with E-state index in [1.807, 2.05) is 40.8 Å². The molecule has 3 aromatic carbocycles. The van der Waals surface area contributed by atoms with E-state index in [4.69, 9.17) is 9.97 Å². The van der Waals surface area contributed by atoms with Gasteiger partial charge in [0, 0.05) is 18.4 Å². The first-order chi connectivity index (χ1) is 16.6. The second kappa shape index (κ2) is 7.92. The van der Waals surface area contributed by atoms with E-state index in [2.05, 4.69) is 12.1 Å². The van der Waals surface area contributed by atoms with Gasteiger partial charge in [0.05, 0.1) is 17.1 Å². The van der Waals surface area contributed by atoms with Crippen LogP contribution >= 0.6 is 0 Å². The van der Waals surface area contributed by atoms with Gasteiger partial charge in [0.15, 0.2) is 5.65 Å². The average molecular weight is 450 g/mol. The van der Waals surface area contributed by atoms with E-state index in [0.29, 0.717) is 30.6 Å². The molecular weight excluding hydrogens is 426 g/mol. The van der Waals surface area contributed by atoms with Gasteiger partial charge in [-0.05, 0) is 59.9 Å². The van der Waals surface area contributed by atoms with Crippen LogP contribution in [-0.2, 0) is 25.7 Å². The molecule has 2 heterocycles. The normalized spacial score (nSPS) is 12.5. The Kier molecular flexibility index (Phi) is 4.73. The van der Waals surface area contributed by atoms with E-state index >= 15 is 0 Å². The molecule has 0 spiro atoms. The van der Waals surface area contributed by atoms with Crippen molar-refractivity contribution in [3.8, 4) is 28.6 Å². The SMILES string of the molecule is Oc1ccc(Cc2nc3c(Cc4ccccc4)nc4c(n3c2O)CCc2cc(O)ccc2-4)cc1. The number of phenolic OH excluding ortho intramolecular Hbond substituents is 2. The minimum absolute atomic E-state index is 0.123. The highest BCUT2D eigenvalue weighted by molar-refractivity contribution is 5.72. The maximum absolute atomic E-state index is 11.3. The minimum atomic E-state index is 0.123. The second-order valence-electron chi connectivity index (χ2n) is 8.74. The van der Waals surface area contributed by atoms with E-state index in [9.17, 15) is 15.3 Å². The van der Waals surface area contributed by atoms with Crippen LogP contribution in [0.4, 0.5) is 0 Å². The van der Waals surface area contributed by atoms with Gasteiger partial charge in [-0.15, -0.1) is 0 Å². The Balaban J connectivity index is 1.55.